The lowest BCUT2D eigenvalue weighted by molar-refractivity contribution is -0.129. The quantitative estimate of drug-likeness (QED) is 0.739. The Morgan fingerprint density at radius 2 is 2.14 bits per heavy atom. The van der Waals surface area contributed by atoms with Gasteiger partial charge in [-0.2, -0.15) is 4.37 Å². The van der Waals surface area contributed by atoms with Crippen LogP contribution < -0.4 is 16.0 Å². The molecule has 9 nitrogen and oxygen atoms in total. The fraction of sp³-hybridized carbons (Fsp3) is 0.526. The van der Waals surface area contributed by atoms with Crippen LogP contribution in [0.2, 0.25) is 0 Å². The molecular formula is C19H27N7O2S. The molecule has 10 heteroatoms. The summed E-state index contributed by atoms with van der Waals surface area (Å²) in [6.45, 7) is 4.74. The molecule has 1 saturated heterocycles. The zero-order chi connectivity index (χ0) is 21.1. The van der Waals surface area contributed by atoms with E-state index in [9.17, 15) is 9.59 Å². The molecule has 0 aliphatic carbocycles. The highest BCUT2D eigenvalue weighted by atomic mass is 32.1. The molecule has 2 atom stereocenters. The number of carbonyl (C=O) groups excluding carboxylic acids is 2. The van der Waals surface area contributed by atoms with Crippen molar-refractivity contribution in [2.45, 2.75) is 39.2 Å². The Morgan fingerprint density at radius 3 is 2.76 bits per heavy atom. The highest BCUT2D eigenvalue weighted by Crippen LogP contribution is 2.30. The van der Waals surface area contributed by atoms with E-state index in [0.29, 0.717) is 24.6 Å². The zero-order valence-electron chi connectivity index (χ0n) is 17.2. The number of primary amides is 1. The number of carbonyl (C=O) groups is 2. The first-order chi connectivity index (χ1) is 13.7. The average molecular weight is 418 g/mol. The fourth-order valence-electron chi connectivity index (χ4n) is 3.42. The Balaban J connectivity index is 1.85. The van der Waals surface area contributed by atoms with Crippen LogP contribution in [0.1, 0.15) is 42.4 Å². The molecule has 2 aromatic rings. The minimum absolute atomic E-state index is 0.0869. The minimum Gasteiger partial charge on any atom is -0.364 e. The van der Waals surface area contributed by atoms with Crippen LogP contribution in [0.15, 0.2) is 12.3 Å². The summed E-state index contributed by atoms with van der Waals surface area (Å²) in [5, 5.41) is 3.88. The van der Waals surface area contributed by atoms with Crippen LogP contribution >= 0.6 is 11.5 Å². The number of aryl methyl sites for hydroxylation is 1. The maximum atomic E-state index is 12.1. The van der Waals surface area contributed by atoms with Crippen LogP contribution in [0, 0.1) is 12.8 Å². The van der Waals surface area contributed by atoms with Crippen LogP contribution in [0.5, 0.6) is 0 Å². The maximum absolute atomic E-state index is 12.1. The number of nitrogens with two attached hydrogens (primary N) is 1. The van der Waals surface area contributed by atoms with E-state index in [1.165, 1.54) is 11.5 Å². The van der Waals surface area contributed by atoms with E-state index in [2.05, 4.69) is 31.5 Å². The van der Waals surface area contributed by atoms with Crippen LogP contribution in [-0.2, 0) is 4.79 Å². The van der Waals surface area contributed by atoms with Gasteiger partial charge in [0.1, 0.15) is 10.8 Å². The van der Waals surface area contributed by atoms with Crippen molar-refractivity contribution < 1.29 is 9.59 Å². The number of hydrogen-bond donors (Lipinski definition) is 2. The van der Waals surface area contributed by atoms with Crippen LogP contribution in [-0.4, -0.2) is 57.7 Å². The second kappa shape index (κ2) is 8.73. The van der Waals surface area contributed by atoms with Crippen molar-refractivity contribution in [3.8, 4) is 0 Å². The summed E-state index contributed by atoms with van der Waals surface area (Å²) in [6, 6.07) is 2.13. The molecule has 2 amide bonds. The molecule has 3 rings (SSSR count). The van der Waals surface area contributed by atoms with Gasteiger partial charge >= 0.3 is 0 Å². The molecule has 2 aromatic heterocycles. The predicted octanol–water partition coefficient (Wildman–Crippen LogP) is 2.17. The summed E-state index contributed by atoms with van der Waals surface area (Å²) in [7, 11) is 3.55. The normalized spacial score (nSPS) is 19.1. The molecule has 156 valence electrons. The van der Waals surface area contributed by atoms with Gasteiger partial charge in [-0.1, -0.05) is 0 Å². The van der Waals surface area contributed by atoms with E-state index >= 15 is 0 Å². The first-order valence-electron chi connectivity index (χ1n) is 9.58. The molecule has 0 unspecified atom stereocenters. The summed E-state index contributed by atoms with van der Waals surface area (Å²) in [5.41, 5.74) is 6.45. The Morgan fingerprint density at radius 1 is 1.38 bits per heavy atom. The number of nitrogens with zero attached hydrogens (tertiary/aromatic N) is 5. The fourth-order valence-corrected chi connectivity index (χ4v) is 4.08. The summed E-state index contributed by atoms with van der Waals surface area (Å²) < 4.78 is 4.23. The van der Waals surface area contributed by atoms with Crippen molar-refractivity contribution in [1.29, 1.82) is 0 Å². The first kappa shape index (κ1) is 21.0. The number of rotatable bonds is 6. The van der Waals surface area contributed by atoms with E-state index < -0.39 is 5.91 Å². The second-order valence-electron chi connectivity index (χ2n) is 7.68. The van der Waals surface area contributed by atoms with Crippen LogP contribution in [0.4, 0.5) is 16.6 Å². The third-order valence-corrected chi connectivity index (χ3v) is 5.89. The molecular weight excluding hydrogens is 390 g/mol. The summed E-state index contributed by atoms with van der Waals surface area (Å²) in [4.78, 5) is 36.7. The number of anilines is 3. The predicted molar refractivity (Wildman–Crippen MR) is 114 cm³/mol. The van der Waals surface area contributed by atoms with Gasteiger partial charge in [-0.15, -0.1) is 0 Å². The molecule has 0 spiro atoms. The Labute approximate surface area is 174 Å². The Kier molecular flexibility index (Phi) is 6.31. The summed E-state index contributed by atoms with van der Waals surface area (Å²) in [6.07, 6.45) is 4.04. The number of piperidine rings is 1. The Bertz CT molecular complexity index is 898. The molecule has 0 saturated carbocycles. The van der Waals surface area contributed by atoms with Crippen molar-refractivity contribution in [3.63, 3.8) is 0 Å². The molecule has 29 heavy (non-hydrogen) atoms. The number of nitrogens with one attached hydrogen (secondary N) is 1. The van der Waals surface area contributed by atoms with Gasteiger partial charge in [0, 0.05) is 33.1 Å². The van der Waals surface area contributed by atoms with E-state index in [1.54, 1.807) is 25.2 Å². The van der Waals surface area contributed by atoms with Gasteiger partial charge in [-0.3, -0.25) is 9.59 Å². The van der Waals surface area contributed by atoms with Crippen LogP contribution in [0.25, 0.3) is 0 Å². The van der Waals surface area contributed by atoms with Gasteiger partial charge in [0.2, 0.25) is 5.91 Å². The highest BCUT2D eigenvalue weighted by molar-refractivity contribution is 7.10. The molecule has 1 fully saturated rings. The number of aromatic nitrogens is 3. The molecule has 0 aromatic carbocycles. The van der Waals surface area contributed by atoms with Crippen molar-refractivity contribution in [2.75, 3.05) is 30.9 Å². The molecule has 1 aliphatic rings. The lowest BCUT2D eigenvalue weighted by Crippen LogP contribution is -2.43. The molecule has 1 aliphatic heterocycles. The Hall–Kier alpha value is -2.75. The first-order valence-corrected chi connectivity index (χ1v) is 10.4. The van der Waals surface area contributed by atoms with Crippen molar-refractivity contribution in [1.82, 2.24) is 19.2 Å². The lowest BCUT2D eigenvalue weighted by atomic mass is 9.90. The molecule has 3 heterocycles. The lowest BCUT2D eigenvalue weighted by Gasteiger charge is -2.39. The third kappa shape index (κ3) is 5.00. The SMILES string of the molecule is Cc1cc(Nc2nc(N3C[C@@H](CC(=O)N(C)C)CC[C@@H]3C)cnc2C(N)=O)sn1. The van der Waals surface area contributed by atoms with Crippen molar-refractivity contribution >= 4 is 40.0 Å². The molecule has 3 N–H and O–H groups in total. The maximum Gasteiger partial charge on any atom is 0.271 e. The summed E-state index contributed by atoms with van der Waals surface area (Å²) >= 11 is 1.28. The smallest absolute Gasteiger partial charge is 0.271 e. The van der Waals surface area contributed by atoms with Gasteiger partial charge in [0.15, 0.2) is 11.5 Å². The minimum atomic E-state index is -0.645. The van der Waals surface area contributed by atoms with E-state index in [-0.39, 0.29) is 23.6 Å². The number of hydrogen-bond acceptors (Lipinski definition) is 8. The third-order valence-electron chi connectivity index (χ3n) is 5.10. The largest absolute Gasteiger partial charge is 0.364 e. The molecule has 0 radical (unpaired) electrons. The number of amides is 2. The van der Waals surface area contributed by atoms with Gasteiger partial charge in [-0.05, 0) is 50.2 Å². The topological polar surface area (TPSA) is 117 Å². The molecule has 0 bridgehead atoms. The highest BCUT2D eigenvalue weighted by Gasteiger charge is 2.29. The monoisotopic (exact) mass is 417 g/mol. The van der Waals surface area contributed by atoms with E-state index in [4.69, 9.17) is 5.73 Å². The van der Waals surface area contributed by atoms with Crippen molar-refractivity contribution in [2.24, 2.45) is 11.7 Å². The average Bonchev–Trinajstić information content (AvgIpc) is 3.07. The van der Waals surface area contributed by atoms with Crippen LogP contribution in [0.3, 0.4) is 0 Å². The van der Waals surface area contributed by atoms with Gasteiger partial charge in [0.05, 0.1) is 11.9 Å². The standard InChI is InChI=1S/C19H27N7O2S/c1-11-7-15(29-24-11)23-19-17(18(20)28)21-9-14(22-19)26-10-13(6-5-12(26)2)8-16(27)25(3)4/h7,9,12-13H,5-6,8,10H2,1-4H3,(H2,20,28)(H,22,23)/t12-,13+/m0/s1. The van der Waals surface area contributed by atoms with Gasteiger partial charge in [0.25, 0.3) is 5.91 Å². The summed E-state index contributed by atoms with van der Waals surface area (Å²) in [5.74, 6) is 0.710. The van der Waals surface area contributed by atoms with E-state index in [0.717, 1.165) is 23.5 Å². The zero-order valence-corrected chi connectivity index (χ0v) is 18.0. The van der Waals surface area contributed by atoms with Gasteiger partial charge in [-0.25, -0.2) is 9.97 Å². The van der Waals surface area contributed by atoms with E-state index in [1.807, 2.05) is 13.0 Å². The second-order valence-corrected chi connectivity index (χ2v) is 8.49. The van der Waals surface area contributed by atoms with Gasteiger partial charge < -0.3 is 20.9 Å². The van der Waals surface area contributed by atoms with Crippen molar-refractivity contribution in [3.05, 3.63) is 23.7 Å².